The molecule has 0 unspecified atom stereocenters. The Kier molecular flexibility index (Phi) is 7.28. The molecule has 1 atom stereocenters. The smallest absolute Gasteiger partial charge is 0.252 e. The number of H-pyrrole nitrogens is 1. The molecule has 39 heavy (non-hydrogen) atoms. The number of nitrogens with one attached hydrogen (secondary N) is 1. The van der Waals surface area contributed by atoms with Gasteiger partial charge in [0.2, 0.25) is 0 Å². The van der Waals surface area contributed by atoms with Gasteiger partial charge in [0.25, 0.3) is 5.56 Å². The molecule has 1 fully saturated rings. The highest BCUT2D eigenvalue weighted by atomic mass is 19.1. The van der Waals surface area contributed by atoms with Crippen molar-refractivity contribution in [2.75, 3.05) is 13.2 Å². The Morgan fingerprint density at radius 1 is 1.08 bits per heavy atom. The van der Waals surface area contributed by atoms with Crippen LogP contribution in [0.15, 0.2) is 47.3 Å². The van der Waals surface area contributed by atoms with E-state index in [1.807, 2.05) is 22.9 Å². The standard InChI is InChI=1S/C29H33FN6O3/c1-2-5-25(28-32-33-34-36(28)23-6-3-4-7-23)35(17-19-8-10-22(30)11-9-19)18-21-14-20-15-26-27(39-13-12-38-26)16-24(20)31-29(21)37/h8-11,14-16,23,25H,2-7,12-13,17-18H2,1H3,(H,31,37)/t25-/m1/s1. The normalized spacial score (nSPS) is 16.3. The van der Waals surface area contributed by atoms with Gasteiger partial charge in [-0.2, -0.15) is 0 Å². The van der Waals surface area contributed by atoms with Crippen molar-refractivity contribution in [1.29, 1.82) is 0 Å². The summed E-state index contributed by atoms with van der Waals surface area (Å²) in [6, 6.07) is 12.4. The maximum Gasteiger partial charge on any atom is 0.252 e. The van der Waals surface area contributed by atoms with Crippen LogP contribution in [0, 0.1) is 5.82 Å². The largest absolute Gasteiger partial charge is 0.486 e. The molecule has 2 aliphatic rings. The Morgan fingerprint density at radius 2 is 1.82 bits per heavy atom. The van der Waals surface area contributed by atoms with E-state index in [9.17, 15) is 9.18 Å². The number of ether oxygens (including phenoxy) is 2. The highest BCUT2D eigenvalue weighted by molar-refractivity contribution is 5.83. The molecule has 4 aromatic rings. The molecule has 0 spiro atoms. The van der Waals surface area contributed by atoms with E-state index >= 15 is 0 Å². The van der Waals surface area contributed by atoms with E-state index in [1.54, 1.807) is 12.1 Å². The lowest BCUT2D eigenvalue weighted by atomic mass is 10.0. The second-order valence-electron chi connectivity index (χ2n) is 10.5. The average molecular weight is 533 g/mol. The number of fused-ring (bicyclic) bond motifs is 2. The summed E-state index contributed by atoms with van der Waals surface area (Å²) in [5, 5.41) is 13.8. The van der Waals surface area contributed by atoms with Gasteiger partial charge in [-0.05, 0) is 59.5 Å². The van der Waals surface area contributed by atoms with E-state index < -0.39 is 0 Å². The first kappa shape index (κ1) is 25.5. The lowest BCUT2D eigenvalue weighted by molar-refractivity contribution is 0.153. The molecule has 1 N–H and O–H groups in total. The molecule has 1 aliphatic heterocycles. The summed E-state index contributed by atoms with van der Waals surface area (Å²) in [4.78, 5) is 18.6. The van der Waals surface area contributed by atoms with Crippen LogP contribution in [-0.2, 0) is 13.1 Å². The number of hydrogen-bond donors (Lipinski definition) is 1. The van der Waals surface area contributed by atoms with E-state index in [4.69, 9.17) is 9.47 Å². The lowest BCUT2D eigenvalue weighted by Gasteiger charge is -2.31. The highest BCUT2D eigenvalue weighted by Crippen LogP contribution is 2.36. The molecule has 6 rings (SSSR count). The average Bonchev–Trinajstić information content (AvgIpc) is 3.64. The van der Waals surface area contributed by atoms with Crippen LogP contribution in [0.5, 0.6) is 11.5 Å². The summed E-state index contributed by atoms with van der Waals surface area (Å²) in [6.45, 7) is 4.01. The third-order valence-corrected chi connectivity index (χ3v) is 7.75. The number of nitrogens with zero attached hydrogens (tertiary/aromatic N) is 5. The van der Waals surface area contributed by atoms with Crippen molar-refractivity contribution in [3.8, 4) is 11.5 Å². The van der Waals surface area contributed by atoms with Gasteiger partial charge in [0, 0.05) is 30.1 Å². The fourth-order valence-electron chi connectivity index (χ4n) is 5.80. The van der Waals surface area contributed by atoms with Crippen LogP contribution < -0.4 is 15.0 Å². The van der Waals surface area contributed by atoms with Crippen molar-refractivity contribution in [2.45, 2.75) is 70.6 Å². The van der Waals surface area contributed by atoms with Crippen LogP contribution >= 0.6 is 0 Å². The molecule has 0 bridgehead atoms. The van der Waals surface area contributed by atoms with Gasteiger partial charge >= 0.3 is 0 Å². The quantitative estimate of drug-likeness (QED) is 0.321. The van der Waals surface area contributed by atoms with Crippen molar-refractivity contribution in [2.24, 2.45) is 0 Å². The van der Waals surface area contributed by atoms with E-state index in [2.05, 4.69) is 32.3 Å². The molecule has 0 saturated heterocycles. The van der Waals surface area contributed by atoms with E-state index in [0.717, 1.165) is 42.5 Å². The minimum Gasteiger partial charge on any atom is -0.486 e. The van der Waals surface area contributed by atoms with Gasteiger partial charge in [-0.25, -0.2) is 9.07 Å². The van der Waals surface area contributed by atoms with Crippen LogP contribution in [0.1, 0.15) is 74.5 Å². The molecule has 0 radical (unpaired) electrons. The zero-order valence-corrected chi connectivity index (χ0v) is 22.1. The predicted octanol–water partition coefficient (Wildman–Crippen LogP) is 5.08. The Balaban J connectivity index is 1.39. The summed E-state index contributed by atoms with van der Waals surface area (Å²) in [6.07, 6.45) is 6.21. The number of tetrazole rings is 1. The van der Waals surface area contributed by atoms with Gasteiger partial charge in [-0.3, -0.25) is 9.69 Å². The Morgan fingerprint density at radius 3 is 2.56 bits per heavy atom. The summed E-state index contributed by atoms with van der Waals surface area (Å²) >= 11 is 0. The van der Waals surface area contributed by atoms with Crippen LogP contribution in [-0.4, -0.2) is 43.3 Å². The number of rotatable bonds is 9. The number of pyridine rings is 1. The van der Waals surface area contributed by atoms with Gasteiger partial charge in [-0.1, -0.05) is 38.3 Å². The van der Waals surface area contributed by atoms with E-state index in [0.29, 0.717) is 54.9 Å². The molecule has 9 nitrogen and oxygen atoms in total. The fraction of sp³-hybridized carbons (Fsp3) is 0.448. The Hall–Kier alpha value is -3.79. The first-order valence-corrected chi connectivity index (χ1v) is 13.8. The maximum atomic E-state index is 13.7. The summed E-state index contributed by atoms with van der Waals surface area (Å²) < 4.78 is 27.2. The van der Waals surface area contributed by atoms with E-state index in [-0.39, 0.29) is 17.4 Å². The lowest BCUT2D eigenvalue weighted by Crippen LogP contribution is -2.33. The second kappa shape index (κ2) is 11.1. The molecular weight excluding hydrogens is 499 g/mol. The third kappa shape index (κ3) is 5.38. The topological polar surface area (TPSA) is 98.2 Å². The highest BCUT2D eigenvalue weighted by Gasteiger charge is 2.30. The molecule has 3 heterocycles. The van der Waals surface area contributed by atoms with Crippen LogP contribution in [0.3, 0.4) is 0 Å². The van der Waals surface area contributed by atoms with Crippen LogP contribution in [0.4, 0.5) is 4.39 Å². The van der Waals surface area contributed by atoms with E-state index in [1.165, 1.54) is 25.0 Å². The number of hydrogen-bond acceptors (Lipinski definition) is 7. The van der Waals surface area contributed by atoms with Gasteiger partial charge in [0.1, 0.15) is 19.0 Å². The molecule has 0 amide bonds. The third-order valence-electron chi connectivity index (χ3n) is 7.75. The van der Waals surface area contributed by atoms with Gasteiger partial charge < -0.3 is 14.5 Å². The SMILES string of the molecule is CCC[C@H](c1nnnn1C1CCCC1)N(Cc1ccc(F)cc1)Cc1cc2cc3c(cc2[nH]c1=O)OCCO3. The zero-order valence-electron chi connectivity index (χ0n) is 22.1. The minimum atomic E-state index is -0.277. The molecule has 204 valence electrons. The first-order valence-electron chi connectivity index (χ1n) is 13.8. The van der Waals surface area contributed by atoms with Crippen LogP contribution in [0.25, 0.3) is 10.9 Å². The number of aromatic amines is 1. The fourth-order valence-corrected chi connectivity index (χ4v) is 5.80. The predicted molar refractivity (Wildman–Crippen MR) is 144 cm³/mol. The minimum absolute atomic E-state index is 0.119. The number of halogens is 1. The van der Waals surface area contributed by atoms with Gasteiger partial charge in [0.05, 0.1) is 17.6 Å². The summed E-state index contributed by atoms with van der Waals surface area (Å²) in [7, 11) is 0. The van der Waals surface area contributed by atoms with Gasteiger partial charge in [-0.15, -0.1) is 5.10 Å². The van der Waals surface area contributed by atoms with Crippen molar-refractivity contribution < 1.29 is 13.9 Å². The van der Waals surface area contributed by atoms with Crippen molar-refractivity contribution in [3.05, 3.63) is 75.6 Å². The first-order chi connectivity index (χ1) is 19.1. The Bertz CT molecular complexity index is 1500. The molecular formula is C29H33FN6O3. The zero-order chi connectivity index (χ0) is 26.8. The molecule has 1 saturated carbocycles. The molecule has 10 heteroatoms. The monoisotopic (exact) mass is 532 g/mol. The Labute approximate surface area is 225 Å². The van der Waals surface area contributed by atoms with Gasteiger partial charge in [0.15, 0.2) is 17.3 Å². The molecule has 2 aromatic heterocycles. The molecule has 1 aliphatic carbocycles. The summed E-state index contributed by atoms with van der Waals surface area (Å²) in [5.41, 5.74) is 2.12. The number of aromatic nitrogens is 5. The van der Waals surface area contributed by atoms with Crippen molar-refractivity contribution >= 4 is 10.9 Å². The molecule has 2 aromatic carbocycles. The van der Waals surface area contributed by atoms with Crippen molar-refractivity contribution in [1.82, 2.24) is 30.1 Å². The number of benzene rings is 2. The van der Waals surface area contributed by atoms with Crippen LogP contribution in [0.2, 0.25) is 0 Å². The van der Waals surface area contributed by atoms with Crippen molar-refractivity contribution in [3.63, 3.8) is 0 Å². The maximum absolute atomic E-state index is 13.7. The second-order valence-corrected chi connectivity index (χ2v) is 10.5. The summed E-state index contributed by atoms with van der Waals surface area (Å²) in [5.74, 6) is 1.86.